The van der Waals surface area contributed by atoms with Gasteiger partial charge in [-0.05, 0) is 12.8 Å². The molecule has 1 unspecified atom stereocenters. The number of hydrogen-bond acceptors (Lipinski definition) is 2. The molecule has 1 atom stereocenters. The zero-order chi connectivity index (χ0) is 11.5. The molecule has 1 fully saturated rings. The van der Waals surface area contributed by atoms with Crippen molar-refractivity contribution in [2.75, 3.05) is 0 Å². The number of rotatable bonds is 4. The first-order valence-electron chi connectivity index (χ1n) is 5.18. The molecule has 0 bridgehead atoms. The first kappa shape index (κ1) is 11.9. The van der Waals surface area contributed by atoms with Gasteiger partial charge in [-0.25, -0.2) is 4.39 Å². The predicted molar refractivity (Wildman–Crippen MR) is 53.7 cm³/mol. The van der Waals surface area contributed by atoms with Crippen molar-refractivity contribution in [3.63, 3.8) is 0 Å². The summed E-state index contributed by atoms with van der Waals surface area (Å²) in [7, 11) is 0. The molecule has 0 heterocycles. The first-order valence-corrected chi connectivity index (χ1v) is 5.18. The molecule has 0 spiro atoms. The Morgan fingerprint density at radius 1 is 1.47 bits per heavy atom. The van der Waals surface area contributed by atoms with E-state index in [0.29, 0.717) is 12.8 Å². The average molecular weight is 216 g/mol. The van der Waals surface area contributed by atoms with Crippen LogP contribution in [0.25, 0.3) is 0 Å². The summed E-state index contributed by atoms with van der Waals surface area (Å²) in [5, 5.41) is 2.38. The van der Waals surface area contributed by atoms with Crippen LogP contribution in [0, 0.1) is 0 Å². The van der Waals surface area contributed by atoms with Crippen LogP contribution in [0.5, 0.6) is 0 Å². The van der Waals surface area contributed by atoms with Crippen LogP contribution in [-0.4, -0.2) is 23.5 Å². The second kappa shape index (κ2) is 4.59. The van der Waals surface area contributed by atoms with E-state index in [1.807, 2.05) is 0 Å². The molecule has 3 N–H and O–H groups in total. The highest BCUT2D eigenvalue weighted by Crippen LogP contribution is 2.37. The number of nitrogens with two attached hydrogens (primary N) is 1. The lowest BCUT2D eigenvalue weighted by Crippen LogP contribution is -2.47. The van der Waals surface area contributed by atoms with Gasteiger partial charge in [0, 0.05) is 13.3 Å². The summed E-state index contributed by atoms with van der Waals surface area (Å²) >= 11 is 0. The van der Waals surface area contributed by atoms with Gasteiger partial charge in [0.1, 0.15) is 11.7 Å². The number of hydrogen-bond donors (Lipinski definition) is 2. The van der Waals surface area contributed by atoms with Crippen LogP contribution in [0.3, 0.4) is 0 Å². The summed E-state index contributed by atoms with van der Waals surface area (Å²) in [5.41, 5.74) is 3.77. The van der Waals surface area contributed by atoms with E-state index in [1.54, 1.807) is 0 Å². The van der Waals surface area contributed by atoms with E-state index in [1.165, 1.54) is 6.92 Å². The average Bonchev–Trinajstić information content (AvgIpc) is 2.50. The highest BCUT2D eigenvalue weighted by Gasteiger charge is 2.37. The van der Waals surface area contributed by atoms with Gasteiger partial charge in [0.2, 0.25) is 11.8 Å². The van der Waals surface area contributed by atoms with Gasteiger partial charge >= 0.3 is 0 Å². The second-order valence-corrected chi connectivity index (χ2v) is 4.22. The van der Waals surface area contributed by atoms with Crippen LogP contribution in [0.1, 0.15) is 39.0 Å². The number of primary amides is 1. The van der Waals surface area contributed by atoms with Gasteiger partial charge in [-0.3, -0.25) is 9.59 Å². The zero-order valence-corrected chi connectivity index (χ0v) is 8.88. The molecule has 1 saturated carbocycles. The highest BCUT2D eigenvalue weighted by molar-refractivity contribution is 5.85. The maximum atomic E-state index is 14.0. The molecule has 5 heteroatoms. The molecule has 0 radical (unpaired) electrons. The largest absolute Gasteiger partial charge is 0.368 e. The Hall–Kier alpha value is -1.13. The van der Waals surface area contributed by atoms with E-state index in [-0.39, 0.29) is 12.3 Å². The number of halogens is 1. The highest BCUT2D eigenvalue weighted by atomic mass is 19.1. The van der Waals surface area contributed by atoms with Crippen molar-refractivity contribution in [3.8, 4) is 0 Å². The van der Waals surface area contributed by atoms with Crippen LogP contribution in [-0.2, 0) is 9.59 Å². The summed E-state index contributed by atoms with van der Waals surface area (Å²) in [4.78, 5) is 21.8. The Balaban J connectivity index is 2.57. The molecular weight excluding hydrogens is 199 g/mol. The van der Waals surface area contributed by atoms with Gasteiger partial charge in [-0.2, -0.15) is 0 Å². The summed E-state index contributed by atoms with van der Waals surface area (Å²) < 4.78 is 14.0. The molecule has 1 rings (SSSR count). The van der Waals surface area contributed by atoms with Crippen LogP contribution < -0.4 is 11.1 Å². The fourth-order valence-electron chi connectivity index (χ4n) is 2.05. The molecule has 0 saturated heterocycles. The molecule has 4 nitrogen and oxygen atoms in total. The van der Waals surface area contributed by atoms with Crippen molar-refractivity contribution in [3.05, 3.63) is 0 Å². The molecule has 86 valence electrons. The predicted octanol–water partition coefficient (Wildman–Crippen LogP) is 0.649. The number of amides is 2. The third kappa shape index (κ3) is 3.49. The topological polar surface area (TPSA) is 72.2 Å². The van der Waals surface area contributed by atoms with Gasteiger partial charge in [0.05, 0.1) is 0 Å². The monoisotopic (exact) mass is 216 g/mol. The van der Waals surface area contributed by atoms with E-state index < -0.39 is 17.6 Å². The Morgan fingerprint density at radius 3 is 2.40 bits per heavy atom. The third-order valence-electron chi connectivity index (χ3n) is 2.79. The van der Waals surface area contributed by atoms with Crippen LogP contribution in [0.15, 0.2) is 0 Å². The Morgan fingerprint density at radius 2 is 2.00 bits per heavy atom. The van der Waals surface area contributed by atoms with Crippen molar-refractivity contribution in [1.82, 2.24) is 5.32 Å². The molecule has 15 heavy (non-hydrogen) atoms. The van der Waals surface area contributed by atoms with Gasteiger partial charge in [-0.15, -0.1) is 0 Å². The fourth-order valence-corrected chi connectivity index (χ4v) is 2.05. The molecule has 1 aliphatic rings. The third-order valence-corrected chi connectivity index (χ3v) is 2.79. The standard InChI is InChI=1S/C10H17FN2O2/c1-7(14)13-8(9(12)15)6-10(11)4-2-3-5-10/h8H,2-6H2,1H3,(H2,12,15)(H,13,14). The second-order valence-electron chi connectivity index (χ2n) is 4.22. The molecule has 0 aromatic carbocycles. The van der Waals surface area contributed by atoms with E-state index in [9.17, 15) is 14.0 Å². The van der Waals surface area contributed by atoms with Crippen LogP contribution in [0.4, 0.5) is 4.39 Å². The van der Waals surface area contributed by atoms with Gasteiger partial charge in [-0.1, -0.05) is 12.8 Å². The van der Waals surface area contributed by atoms with E-state index in [2.05, 4.69) is 5.32 Å². The normalized spacial score (nSPS) is 20.9. The Kier molecular flexibility index (Phi) is 3.66. The van der Waals surface area contributed by atoms with E-state index in [0.717, 1.165) is 12.8 Å². The minimum absolute atomic E-state index is 0.00190. The van der Waals surface area contributed by atoms with Crippen molar-refractivity contribution in [2.24, 2.45) is 5.73 Å². The molecule has 0 aromatic rings. The Labute approximate surface area is 88.4 Å². The number of nitrogens with one attached hydrogen (secondary N) is 1. The lowest BCUT2D eigenvalue weighted by Gasteiger charge is -2.24. The maximum Gasteiger partial charge on any atom is 0.240 e. The number of carbonyl (C=O) groups excluding carboxylic acids is 2. The smallest absolute Gasteiger partial charge is 0.240 e. The van der Waals surface area contributed by atoms with Crippen LogP contribution in [0.2, 0.25) is 0 Å². The molecule has 0 aliphatic heterocycles. The zero-order valence-electron chi connectivity index (χ0n) is 8.88. The van der Waals surface area contributed by atoms with Crippen molar-refractivity contribution < 1.29 is 14.0 Å². The van der Waals surface area contributed by atoms with Gasteiger partial charge < -0.3 is 11.1 Å². The molecule has 2 amide bonds. The lowest BCUT2D eigenvalue weighted by atomic mass is 9.94. The Bertz CT molecular complexity index is 262. The summed E-state index contributed by atoms with van der Waals surface area (Å²) in [6, 6.07) is -0.884. The van der Waals surface area contributed by atoms with Crippen LogP contribution >= 0.6 is 0 Å². The quantitative estimate of drug-likeness (QED) is 0.724. The molecule has 1 aliphatic carbocycles. The first-order chi connectivity index (χ1) is 6.93. The van der Waals surface area contributed by atoms with Gasteiger partial charge in [0.15, 0.2) is 0 Å². The lowest BCUT2D eigenvalue weighted by molar-refractivity contribution is -0.127. The van der Waals surface area contributed by atoms with Crippen molar-refractivity contribution >= 4 is 11.8 Å². The maximum absolute atomic E-state index is 14.0. The van der Waals surface area contributed by atoms with Crippen molar-refractivity contribution in [1.29, 1.82) is 0 Å². The minimum Gasteiger partial charge on any atom is -0.368 e. The minimum atomic E-state index is -1.33. The fraction of sp³-hybridized carbons (Fsp3) is 0.800. The van der Waals surface area contributed by atoms with Crippen molar-refractivity contribution in [2.45, 2.75) is 50.7 Å². The van der Waals surface area contributed by atoms with E-state index >= 15 is 0 Å². The summed E-state index contributed by atoms with van der Waals surface area (Å²) in [6.45, 7) is 1.29. The molecule has 0 aromatic heterocycles. The SMILES string of the molecule is CC(=O)NC(CC1(F)CCCC1)C(N)=O. The summed E-state index contributed by atoms with van der Waals surface area (Å²) in [6.07, 6.45) is 2.58. The van der Waals surface area contributed by atoms with E-state index in [4.69, 9.17) is 5.73 Å². The number of carbonyl (C=O) groups is 2. The number of alkyl halides is 1. The van der Waals surface area contributed by atoms with Gasteiger partial charge in [0.25, 0.3) is 0 Å². The summed E-state index contributed by atoms with van der Waals surface area (Å²) in [5.74, 6) is -1.03. The molecular formula is C10H17FN2O2.